The number of rotatable bonds is 8. The van der Waals surface area contributed by atoms with Crippen LogP contribution in [0.1, 0.15) is 60.5 Å². The lowest BCUT2D eigenvalue weighted by atomic mass is 9.73. The second-order valence-electron chi connectivity index (χ2n) is 9.01. The average molecular weight is 383 g/mol. The lowest BCUT2D eigenvalue weighted by molar-refractivity contribution is -0.148. The van der Waals surface area contributed by atoms with E-state index in [9.17, 15) is 4.79 Å². The Hall–Kier alpha value is -2.29. The van der Waals surface area contributed by atoms with Gasteiger partial charge in [0.2, 0.25) is 0 Å². The van der Waals surface area contributed by atoms with Crippen LogP contribution in [0.4, 0.5) is 0 Å². The zero-order valence-corrected chi connectivity index (χ0v) is 18.3. The maximum atomic E-state index is 12.9. The summed E-state index contributed by atoms with van der Waals surface area (Å²) in [4.78, 5) is 12.9. The van der Waals surface area contributed by atoms with Crippen molar-refractivity contribution in [1.82, 2.24) is 0 Å². The molecule has 2 aromatic rings. The van der Waals surface area contributed by atoms with Gasteiger partial charge in [0.1, 0.15) is 17.1 Å². The topological polar surface area (TPSA) is 35.5 Å². The number of carbonyl (C=O) groups is 1. The van der Waals surface area contributed by atoms with E-state index in [4.69, 9.17) is 9.47 Å². The van der Waals surface area contributed by atoms with E-state index in [0.717, 1.165) is 17.7 Å². The predicted octanol–water partition coefficient (Wildman–Crippen LogP) is 6.61. The van der Waals surface area contributed by atoms with Crippen molar-refractivity contribution in [3.8, 4) is 11.5 Å². The quantitative estimate of drug-likeness (QED) is 0.380. The van der Waals surface area contributed by atoms with Crippen LogP contribution in [0, 0.1) is 17.3 Å². The minimum absolute atomic E-state index is 0.172. The van der Waals surface area contributed by atoms with E-state index in [2.05, 4.69) is 39.8 Å². The lowest BCUT2D eigenvalue weighted by Gasteiger charge is -2.32. The fraction of sp³-hybridized carbons (Fsp3) is 0.480. The van der Waals surface area contributed by atoms with Crippen LogP contribution in [0.5, 0.6) is 11.5 Å². The zero-order chi connectivity index (χ0) is 20.9. The van der Waals surface area contributed by atoms with Crippen molar-refractivity contribution in [2.24, 2.45) is 17.3 Å². The van der Waals surface area contributed by atoms with Gasteiger partial charge in [0.15, 0.2) is 0 Å². The summed E-state index contributed by atoms with van der Waals surface area (Å²) in [5.41, 5.74) is 0.151. The molecule has 152 valence electrons. The van der Waals surface area contributed by atoms with Crippen molar-refractivity contribution in [2.45, 2.75) is 60.5 Å². The van der Waals surface area contributed by atoms with Crippen molar-refractivity contribution in [3.05, 3.63) is 60.2 Å². The van der Waals surface area contributed by atoms with Gasteiger partial charge < -0.3 is 9.47 Å². The molecule has 0 aliphatic carbocycles. The number of esters is 1. The summed E-state index contributed by atoms with van der Waals surface area (Å²) in [7, 11) is 0. The number of ether oxygens (including phenoxy) is 2. The lowest BCUT2D eigenvalue weighted by Crippen LogP contribution is -2.38. The third-order valence-electron chi connectivity index (χ3n) is 5.45. The number of hydrogen-bond donors (Lipinski definition) is 0. The zero-order valence-electron chi connectivity index (χ0n) is 18.3. The van der Waals surface area contributed by atoms with E-state index in [1.54, 1.807) is 12.1 Å². The summed E-state index contributed by atoms with van der Waals surface area (Å²) in [5.74, 6) is 1.75. The Kier molecular flexibility index (Phi) is 6.92. The first-order valence-electron chi connectivity index (χ1n) is 10.1. The molecule has 0 N–H and O–H groups in total. The first-order valence-corrected chi connectivity index (χ1v) is 10.1. The molecule has 2 rings (SSSR count). The van der Waals surface area contributed by atoms with Crippen molar-refractivity contribution in [2.75, 3.05) is 0 Å². The number of hydrogen-bond acceptors (Lipinski definition) is 3. The van der Waals surface area contributed by atoms with Crippen molar-refractivity contribution in [1.29, 1.82) is 0 Å². The molecule has 0 spiro atoms. The van der Waals surface area contributed by atoms with Crippen LogP contribution in [0.3, 0.4) is 0 Å². The van der Waals surface area contributed by atoms with Gasteiger partial charge in [-0.05, 0) is 68.9 Å². The SMILES string of the molecule is CC(C)CC(C)(C(=O)Oc1ccc(OC(C)(C)c2ccccc2)cc1)C(C)C. The molecule has 0 fully saturated rings. The fourth-order valence-corrected chi connectivity index (χ4v) is 3.40. The van der Waals surface area contributed by atoms with Crippen molar-refractivity contribution >= 4 is 5.97 Å². The van der Waals surface area contributed by atoms with Gasteiger partial charge in [0, 0.05) is 0 Å². The van der Waals surface area contributed by atoms with Crippen LogP contribution in [-0.2, 0) is 10.4 Å². The van der Waals surface area contributed by atoms with Gasteiger partial charge in [-0.3, -0.25) is 4.79 Å². The molecule has 0 saturated heterocycles. The molecular formula is C25H34O3. The van der Waals surface area contributed by atoms with Gasteiger partial charge in [-0.1, -0.05) is 58.0 Å². The van der Waals surface area contributed by atoms with Gasteiger partial charge in [-0.25, -0.2) is 0 Å². The van der Waals surface area contributed by atoms with E-state index >= 15 is 0 Å². The third kappa shape index (κ3) is 5.37. The Balaban J connectivity index is 2.09. The van der Waals surface area contributed by atoms with Gasteiger partial charge in [-0.2, -0.15) is 0 Å². The normalized spacial score (nSPS) is 14.0. The molecule has 0 aliphatic heterocycles. The summed E-state index contributed by atoms with van der Waals surface area (Å²) in [6.45, 7) is 14.5. The third-order valence-corrected chi connectivity index (χ3v) is 5.45. The Morgan fingerprint density at radius 3 is 1.89 bits per heavy atom. The van der Waals surface area contributed by atoms with E-state index in [-0.39, 0.29) is 11.9 Å². The Bertz CT molecular complexity index is 760. The second kappa shape index (κ2) is 8.81. The largest absolute Gasteiger partial charge is 0.483 e. The molecule has 2 aromatic carbocycles. The summed E-state index contributed by atoms with van der Waals surface area (Å²) in [5, 5.41) is 0. The number of carbonyl (C=O) groups excluding carboxylic acids is 1. The second-order valence-corrected chi connectivity index (χ2v) is 9.01. The minimum atomic E-state index is -0.501. The highest BCUT2D eigenvalue weighted by atomic mass is 16.5. The van der Waals surface area contributed by atoms with Crippen LogP contribution in [0.15, 0.2) is 54.6 Å². The minimum Gasteiger partial charge on any atom is -0.483 e. The standard InChI is InChI=1S/C25H34O3/c1-18(2)17-25(7,19(3)4)23(26)27-21-13-15-22(16-14-21)28-24(5,6)20-11-9-8-10-12-20/h8-16,18-19H,17H2,1-7H3. The van der Waals surface area contributed by atoms with Crippen LogP contribution < -0.4 is 9.47 Å². The molecule has 0 radical (unpaired) electrons. The van der Waals surface area contributed by atoms with E-state index in [1.165, 1.54) is 0 Å². The highest BCUT2D eigenvalue weighted by molar-refractivity contribution is 5.79. The molecule has 28 heavy (non-hydrogen) atoms. The first kappa shape index (κ1) is 22.0. The molecule has 0 aromatic heterocycles. The summed E-state index contributed by atoms with van der Waals surface area (Å²) in [6.07, 6.45) is 0.802. The summed E-state index contributed by atoms with van der Waals surface area (Å²) >= 11 is 0. The molecule has 3 heteroatoms. The highest BCUT2D eigenvalue weighted by Crippen LogP contribution is 2.36. The van der Waals surface area contributed by atoms with E-state index in [1.807, 2.05) is 51.1 Å². The van der Waals surface area contributed by atoms with Crippen LogP contribution in [-0.4, -0.2) is 5.97 Å². The Labute approximate surface area is 170 Å². The van der Waals surface area contributed by atoms with Gasteiger partial charge in [0.05, 0.1) is 5.41 Å². The van der Waals surface area contributed by atoms with Crippen LogP contribution in [0.2, 0.25) is 0 Å². The van der Waals surface area contributed by atoms with E-state index < -0.39 is 11.0 Å². The Morgan fingerprint density at radius 2 is 1.39 bits per heavy atom. The van der Waals surface area contributed by atoms with Gasteiger partial charge in [0.25, 0.3) is 0 Å². The predicted molar refractivity (Wildman–Crippen MR) is 115 cm³/mol. The van der Waals surface area contributed by atoms with E-state index in [0.29, 0.717) is 11.7 Å². The average Bonchev–Trinajstić information content (AvgIpc) is 2.63. The maximum Gasteiger partial charge on any atom is 0.317 e. The smallest absolute Gasteiger partial charge is 0.317 e. The molecule has 0 amide bonds. The molecule has 0 saturated carbocycles. The molecular weight excluding hydrogens is 348 g/mol. The van der Waals surface area contributed by atoms with Crippen LogP contribution in [0.25, 0.3) is 0 Å². The van der Waals surface area contributed by atoms with Crippen LogP contribution >= 0.6 is 0 Å². The molecule has 0 aliphatic rings. The van der Waals surface area contributed by atoms with Gasteiger partial charge in [-0.15, -0.1) is 0 Å². The summed E-state index contributed by atoms with van der Waals surface area (Å²) in [6, 6.07) is 17.4. The van der Waals surface area contributed by atoms with Crippen molar-refractivity contribution < 1.29 is 14.3 Å². The Morgan fingerprint density at radius 1 is 0.857 bits per heavy atom. The van der Waals surface area contributed by atoms with Crippen molar-refractivity contribution in [3.63, 3.8) is 0 Å². The summed E-state index contributed by atoms with van der Waals surface area (Å²) < 4.78 is 11.9. The molecule has 1 atom stereocenters. The molecule has 0 heterocycles. The number of benzene rings is 2. The fourth-order valence-electron chi connectivity index (χ4n) is 3.40. The van der Waals surface area contributed by atoms with Gasteiger partial charge >= 0.3 is 5.97 Å². The molecule has 3 nitrogen and oxygen atoms in total. The first-order chi connectivity index (χ1) is 13.0. The molecule has 0 bridgehead atoms. The monoisotopic (exact) mass is 382 g/mol. The maximum absolute atomic E-state index is 12.9. The molecule has 1 unspecified atom stereocenters. The highest BCUT2D eigenvalue weighted by Gasteiger charge is 2.39.